The largest absolute Gasteiger partial charge is 0.444 e. The molecule has 0 saturated heterocycles. The number of thiocarbonyl (C=S) groups is 1. The van der Waals surface area contributed by atoms with Crippen molar-refractivity contribution in [3.8, 4) is 0 Å². The van der Waals surface area contributed by atoms with E-state index < -0.39 is 0 Å². The quantitative estimate of drug-likeness (QED) is 0.723. The van der Waals surface area contributed by atoms with Crippen LogP contribution in [-0.2, 0) is 6.54 Å². The maximum Gasteiger partial charge on any atom is 0.213 e. The highest BCUT2D eigenvalue weighted by Gasteiger charge is 2.08. The fourth-order valence-corrected chi connectivity index (χ4v) is 2.50. The average Bonchev–Trinajstić information content (AvgIpc) is 2.90. The second-order valence-electron chi connectivity index (χ2n) is 4.79. The molecule has 3 N–H and O–H groups in total. The molecule has 4 nitrogen and oxygen atoms in total. The Labute approximate surface area is 128 Å². The van der Waals surface area contributed by atoms with E-state index in [0.29, 0.717) is 17.4 Å². The number of aryl methyl sites for hydroxylation is 1. The van der Waals surface area contributed by atoms with Crippen molar-refractivity contribution in [1.82, 2.24) is 4.98 Å². The summed E-state index contributed by atoms with van der Waals surface area (Å²) in [6.07, 6.45) is 1.71. The van der Waals surface area contributed by atoms with Crippen LogP contribution in [-0.4, -0.2) is 9.97 Å². The molecule has 0 fully saturated rings. The Morgan fingerprint density at radius 3 is 2.67 bits per heavy atom. The lowest BCUT2D eigenvalue weighted by Gasteiger charge is -2.11. The summed E-state index contributed by atoms with van der Waals surface area (Å²) in [5.74, 6) is 1.47. The smallest absolute Gasteiger partial charge is 0.213 e. The molecule has 0 aliphatic carbocycles. The van der Waals surface area contributed by atoms with Gasteiger partial charge in [0.1, 0.15) is 10.7 Å². The third-order valence-corrected chi connectivity index (χ3v) is 3.51. The fourth-order valence-electron chi connectivity index (χ4n) is 2.32. The van der Waals surface area contributed by atoms with Gasteiger partial charge in [-0.25, -0.2) is 4.98 Å². The summed E-state index contributed by atoms with van der Waals surface area (Å²) in [5.41, 5.74) is 7.67. The van der Waals surface area contributed by atoms with Crippen LogP contribution in [0.25, 0.3) is 10.8 Å². The second-order valence-corrected chi connectivity index (χ2v) is 5.23. The van der Waals surface area contributed by atoms with Crippen LogP contribution < -0.4 is 11.1 Å². The number of hydrogen-bond acceptors (Lipinski definition) is 4. The minimum absolute atomic E-state index is 0.404. The highest BCUT2D eigenvalue weighted by Crippen LogP contribution is 2.27. The molecule has 0 unspecified atom stereocenters. The summed E-state index contributed by atoms with van der Waals surface area (Å²) < 4.78 is 5.46. The summed E-state index contributed by atoms with van der Waals surface area (Å²) in [5, 5.41) is 5.46. The van der Waals surface area contributed by atoms with E-state index in [2.05, 4.69) is 10.3 Å². The van der Waals surface area contributed by atoms with Crippen molar-refractivity contribution in [2.75, 3.05) is 5.32 Å². The number of aromatic nitrogens is 1. The number of hydrogen-bond donors (Lipinski definition) is 2. The van der Waals surface area contributed by atoms with Crippen LogP contribution >= 0.6 is 12.2 Å². The van der Waals surface area contributed by atoms with Gasteiger partial charge in [-0.2, -0.15) is 0 Å². The lowest BCUT2D eigenvalue weighted by Crippen LogP contribution is -2.10. The average molecular weight is 297 g/mol. The van der Waals surface area contributed by atoms with Crippen LogP contribution in [0, 0.1) is 6.92 Å². The van der Waals surface area contributed by atoms with Crippen molar-refractivity contribution in [2.45, 2.75) is 13.5 Å². The summed E-state index contributed by atoms with van der Waals surface area (Å²) in [4.78, 5) is 4.59. The molecule has 0 bridgehead atoms. The third kappa shape index (κ3) is 2.73. The molecule has 0 aliphatic heterocycles. The minimum atomic E-state index is 0.404. The Bertz CT molecular complexity index is 810. The van der Waals surface area contributed by atoms with Crippen molar-refractivity contribution in [1.29, 1.82) is 0 Å². The Hall–Kier alpha value is -2.40. The van der Waals surface area contributed by atoms with Crippen molar-refractivity contribution in [3.05, 3.63) is 59.8 Å². The van der Waals surface area contributed by atoms with Crippen LogP contribution in [0.3, 0.4) is 0 Å². The van der Waals surface area contributed by atoms with Crippen LogP contribution in [0.15, 0.2) is 47.0 Å². The lowest BCUT2D eigenvalue weighted by molar-refractivity contribution is 0.479. The molecule has 0 saturated carbocycles. The Balaban J connectivity index is 1.96. The molecule has 21 heavy (non-hydrogen) atoms. The highest BCUT2D eigenvalue weighted by molar-refractivity contribution is 7.80. The molecule has 106 valence electrons. The lowest BCUT2D eigenvalue weighted by atomic mass is 10.0. The number of nitrogens with two attached hydrogens (primary N) is 1. The van der Waals surface area contributed by atoms with Gasteiger partial charge in [0, 0.05) is 16.6 Å². The maximum absolute atomic E-state index is 5.78. The second kappa shape index (κ2) is 5.54. The Morgan fingerprint density at radius 2 is 2.00 bits per heavy atom. The normalized spacial score (nSPS) is 10.7. The Kier molecular flexibility index (Phi) is 3.58. The van der Waals surface area contributed by atoms with Gasteiger partial charge in [-0.15, -0.1) is 0 Å². The van der Waals surface area contributed by atoms with Crippen LogP contribution in [0.5, 0.6) is 0 Å². The molecular formula is C16H15N3OS. The predicted molar refractivity (Wildman–Crippen MR) is 88.4 cm³/mol. The molecule has 3 rings (SSSR count). The molecule has 3 aromatic rings. The minimum Gasteiger partial charge on any atom is -0.444 e. The standard InChI is InChI=1S/C16H15N3OS/c1-10-8-19-15(20-10)9-18-14-7-6-13(16(17)21)11-4-2-3-5-12(11)14/h2-8,18H,9H2,1H3,(H2,17,21). The van der Waals surface area contributed by atoms with Gasteiger partial charge in [0.25, 0.3) is 0 Å². The molecule has 0 radical (unpaired) electrons. The summed E-state index contributed by atoms with van der Waals surface area (Å²) in [7, 11) is 0. The van der Waals surface area contributed by atoms with Gasteiger partial charge in [-0.1, -0.05) is 36.5 Å². The zero-order chi connectivity index (χ0) is 14.8. The number of anilines is 1. The fraction of sp³-hybridized carbons (Fsp3) is 0.125. The predicted octanol–water partition coefficient (Wildman–Crippen LogP) is 3.38. The van der Waals surface area contributed by atoms with Gasteiger partial charge in [-0.3, -0.25) is 0 Å². The zero-order valence-corrected chi connectivity index (χ0v) is 12.4. The van der Waals surface area contributed by atoms with E-state index >= 15 is 0 Å². The summed E-state index contributed by atoms with van der Waals surface area (Å²) in [6.45, 7) is 2.41. The van der Waals surface area contributed by atoms with Crippen molar-refractivity contribution >= 4 is 33.7 Å². The molecule has 0 amide bonds. The van der Waals surface area contributed by atoms with Crippen molar-refractivity contribution in [3.63, 3.8) is 0 Å². The van der Waals surface area contributed by atoms with E-state index in [1.54, 1.807) is 6.20 Å². The van der Waals surface area contributed by atoms with Gasteiger partial charge in [0.15, 0.2) is 0 Å². The molecule has 1 aromatic heterocycles. The van der Waals surface area contributed by atoms with Crippen LogP contribution in [0.1, 0.15) is 17.2 Å². The number of nitrogens with one attached hydrogen (secondary N) is 1. The zero-order valence-electron chi connectivity index (χ0n) is 11.6. The van der Waals surface area contributed by atoms with E-state index in [0.717, 1.165) is 27.8 Å². The van der Waals surface area contributed by atoms with Crippen LogP contribution in [0.2, 0.25) is 0 Å². The molecule has 1 heterocycles. The van der Waals surface area contributed by atoms with Crippen LogP contribution in [0.4, 0.5) is 5.69 Å². The van der Waals surface area contributed by atoms with E-state index in [4.69, 9.17) is 22.4 Å². The molecule has 0 spiro atoms. The number of oxazole rings is 1. The van der Waals surface area contributed by atoms with E-state index in [1.165, 1.54) is 0 Å². The molecule has 5 heteroatoms. The van der Waals surface area contributed by atoms with Gasteiger partial charge in [0.05, 0.1) is 12.7 Å². The number of benzene rings is 2. The summed E-state index contributed by atoms with van der Waals surface area (Å²) >= 11 is 5.11. The number of rotatable bonds is 4. The topological polar surface area (TPSA) is 64.1 Å². The van der Waals surface area contributed by atoms with E-state index in [9.17, 15) is 0 Å². The van der Waals surface area contributed by atoms with Crippen molar-refractivity contribution < 1.29 is 4.42 Å². The maximum atomic E-state index is 5.78. The van der Waals surface area contributed by atoms with Crippen molar-refractivity contribution in [2.24, 2.45) is 5.73 Å². The first-order valence-corrected chi connectivity index (χ1v) is 7.02. The molecule has 0 atom stereocenters. The Morgan fingerprint density at radius 1 is 1.24 bits per heavy atom. The number of nitrogens with zero attached hydrogens (tertiary/aromatic N) is 1. The first-order chi connectivity index (χ1) is 10.1. The third-order valence-electron chi connectivity index (χ3n) is 3.29. The molecule has 2 aromatic carbocycles. The molecule has 0 aliphatic rings. The van der Waals surface area contributed by atoms with E-state index in [-0.39, 0.29) is 0 Å². The SMILES string of the molecule is Cc1cnc(CNc2ccc(C(N)=S)c3ccccc23)o1. The van der Waals surface area contributed by atoms with E-state index in [1.807, 2.05) is 43.3 Å². The first kappa shape index (κ1) is 13.6. The highest BCUT2D eigenvalue weighted by atomic mass is 32.1. The molecular weight excluding hydrogens is 282 g/mol. The summed E-state index contributed by atoms with van der Waals surface area (Å²) in [6, 6.07) is 11.9. The van der Waals surface area contributed by atoms with Gasteiger partial charge in [0.2, 0.25) is 5.89 Å². The van der Waals surface area contributed by atoms with Gasteiger partial charge in [-0.05, 0) is 24.4 Å². The first-order valence-electron chi connectivity index (χ1n) is 6.62. The monoisotopic (exact) mass is 297 g/mol. The number of fused-ring (bicyclic) bond motifs is 1. The van der Waals surface area contributed by atoms with Gasteiger partial charge < -0.3 is 15.5 Å². The van der Waals surface area contributed by atoms with Gasteiger partial charge >= 0.3 is 0 Å².